The van der Waals surface area contributed by atoms with Gasteiger partial charge in [-0.1, -0.05) is 66.7 Å². The van der Waals surface area contributed by atoms with E-state index in [0.29, 0.717) is 22.5 Å². The third-order valence-corrected chi connectivity index (χ3v) is 6.62. The molecule has 35 heavy (non-hydrogen) atoms. The van der Waals surface area contributed by atoms with E-state index in [1.165, 1.54) is 11.3 Å². The zero-order valence-electron chi connectivity index (χ0n) is 19.0. The van der Waals surface area contributed by atoms with Crippen molar-refractivity contribution in [3.05, 3.63) is 115 Å². The first-order chi connectivity index (χ1) is 17.1. The Morgan fingerprint density at radius 2 is 1.34 bits per heavy atom. The summed E-state index contributed by atoms with van der Waals surface area (Å²) in [6.07, 6.45) is -1.01. The van der Waals surface area contributed by atoms with Crippen LogP contribution in [0.4, 0.5) is 11.4 Å². The van der Waals surface area contributed by atoms with Crippen LogP contribution in [0.2, 0.25) is 0 Å². The fraction of sp³-hybridized carbons (Fsp3) is 0.0690. The van der Waals surface area contributed by atoms with E-state index in [4.69, 9.17) is 4.74 Å². The summed E-state index contributed by atoms with van der Waals surface area (Å²) in [6.45, 7) is 1.60. The molecule has 0 saturated carbocycles. The average molecular weight is 479 g/mol. The van der Waals surface area contributed by atoms with Gasteiger partial charge >= 0.3 is 5.97 Å². The molecule has 0 bridgehead atoms. The third kappa shape index (κ3) is 4.69. The van der Waals surface area contributed by atoms with Gasteiger partial charge in [0.15, 0.2) is 6.10 Å². The fourth-order valence-electron chi connectivity index (χ4n) is 3.85. The molecule has 4 aromatic carbocycles. The Balaban J connectivity index is 1.42. The first kappa shape index (κ1) is 22.5. The summed E-state index contributed by atoms with van der Waals surface area (Å²) >= 11 is 1.51. The van der Waals surface area contributed by atoms with Crippen LogP contribution < -0.4 is 4.90 Å². The summed E-state index contributed by atoms with van der Waals surface area (Å²) in [6, 6.07) is 33.7. The number of hydrogen-bond acceptors (Lipinski definition) is 5. The van der Waals surface area contributed by atoms with Gasteiger partial charge in [-0.15, -0.1) is 11.3 Å². The van der Waals surface area contributed by atoms with Crippen molar-refractivity contribution in [1.29, 1.82) is 0 Å². The van der Waals surface area contributed by atoms with Crippen LogP contribution in [0, 0.1) is 0 Å². The average Bonchev–Trinajstić information content (AvgIpc) is 3.34. The van der Waals surface area contributed by atoms with Gasteiger partial charge in [0, 0.05) is 16.9 Å². The minimum absolute atomic E-state index is 0.340. The number of benzene rings is 4. The molecule has 5 rings (SSSR count). The third-order valence-electron chi connectivity index (χ3n) is 5.55. The van der Waals surface area contributed by atoms with Crippen molar-refractivity contribution in [2.24, 2.45) is 0 Å². The molecule has 0 aliphatic heterocycles. The number of hydrogen-bond donors (Lipinski definition) is 0. The van der Waals surface area contributed by atoms with E-state index in [2.05, 4.69) is 4.98 Å². The molecule has 5 nitrogen and oxygen atoms in total. The van der Waals surface area contributed by atoms with Gasteiger partial charge in [0.2, 0.25) is 0 Å². The fourth-order valence-corrected chi connectivity index (χ4v) is 4.85. The topological polar surface area (TPSA) is 59.5 Å². The largest absolute Gasteiger partial charge is 0.449 e. The van der Waals surface area contributed by atoms with E-state index in [1.54, 1.807) is 24.0 Å². The lowest BCUT2D eigenvalue weighted by molar-refractivity contribution is -0.125. The maximum atomic E-state index is 13.5. The highest BCUT2D eigenvalue weighted by Gasteiger charge is 2.28. The van der Waals surface area contributed by atoms with E-state index >= 15 is 0 Å². The van der Waals surface area contributed by atoms with E-state index in [1.807, 2.05) is 97.1 Å². The smallest absolute Gasteiger partial charge is 0.339 e. The highest BCUT2D eigenvalue weighted by molar-refractivity contribution is 7.21. The van der Waals surface area contributed by atoms with Crippen LogP contribution in [0.5, 0.6) is 0 Å². The summed E-state index contributed by atoms with van der Waals surface area (Å²) in [5.74, 6) is -0.907. The van der Waals surface area contributed by atoms with Crippen molar-refractivity contribution in [2.75, 3.05) is 4.90 Å². The van der Waals surface area contributed by atoms with Crippen LogP contribution in [-0.4, -0.2) is 23.0 Å². The highest BCUT2D eigenvalue weighted by atomic mass is 32.1. The second-order valence-corrected chi connectivity index (χ2v) is 8.96. The van der Waals surface area contributed by atoms with Crippen LogP contribution in [-0.2, 0) is 9.53 Å². The maximum absolute atomic E-state index is 13.5. The van der Waals surface area contributed by atoms with Crippen LogP contribution in [0.1, 0.15) is 17.3 Å². The summed E-state index contributed by atoms with van der Waals surface area (Å²) in [4.78, 5) is 33.0. The standard InChI is InChI=1S/C29H22N2O3S/c1-20(28(32)31(21-12-4-2-5-13-21)22-14-6-3-7-15-22)34-29(33)24-17-9-8-16-23(24)27-30-25-18-10-11-19-26(25)35-27/h2-20H,1H3. The summed E-state index contributed by atoms with van der Waals surface area (Å²) in [5, 5.41) is 0.730. The van der Waals surface area contributed by atoms with E-state index < -0.39 is 12.1 Å². The SMILES string of the molecule is CC(OC(=O)c1ccccc1-c1nc2ccccc2s1)C(=O)N(c1ccccc1)c1ccccc1. The Kier molecular flexibility index (Phi) is 6.37. The van der Waals surface area contributed by atoms with Gasteiger partial charge in [-0.2, -0.15) is 0 Å². The number of nitrogens with zero attached hydrogens (tertiary/aromatic N) is 2. The van der Waals surface area contributed by atoms with Gasteiger partial charge in [0.05, 0.1) is 15.8 Å². The molecular formula is C29H22N2O3S. The van der Waals surface area contributed by atoms with Crippen LogP contribution in [0.25, 0.3) is 20.8 Å². The Hall–Kier alpha value is -4.29. The summed E-state index contributed by atoms with van der Waals surface area (Å²) in [5.41, 5.74) is 3.32. The van der Waals surface area contributed by atoms with E-state index in [-0.39, 0.29) is 5.91 Å². The zero-order chi connectivity index (χ0) is 24.2. The quantitative estimate of drug-likeness (QED) is 0.250. The van der Waals surface area contributed by atoms with Gasteiger partial charge < -0.3 is 4.74 Å². The molecule has 1 atom stereocenters. The molecule has 0 aliphatic carbocycles. The molecule has 1 unspecified atom stereocenters. The van der Waals surface area contributed by atoms with Crippen molar-refractivity contribution in [2.45, 2.75) is 13.0 Å². The molecule has 0 aliphatic rings. The van der Waals surface area contributed by atoms with E-state index in [9.17, 15) is 9.59 Å². The van der Waals surface area contributed by atoms with Crippen molar-refractivity contribution in [3.63, 3.8) is 0 Å². The maximum Gasteiger partial charge on any atom is 0.339 e. The van der Waals surface area contributed by atoms with Gasteiger partial charge in [-0.25, -0.2) is 9.78 Å². The Morgan fingerprint density at radius 3 is 2.00 bits per heavy atom. The number of anilines is 2. The molecule has 6 heteroatoms. The lowest BCUT2D eigenvalue weighted by atomic mass is 10.1. The first-order valence-electron chi connectivity index (χ1n) is 11.2. The molecule has 5 aromatic rings. The number of rotatable bonds is 6. The summed E-state index contributed by atoms with van der Waals surface area (Å²) < 4.78 is 6.74. The number of ether oxygens (including phenoxy) is 1. The number of esters is 1. The molecule has 0 N–H and O–H groups in total. The lowest BCUT2D eigenvalue weighted by Crippen LogP contribution is -2.37. The second kappa shape index (κ2) is 9.91. The second-order valence-electron chi connectivity index (χ2n) is 7.92. The number of thiazole rings is 1. The van der Waals surface area contributed by atoms with Crippen molar-refractivity contribution >= 4 is 44.8 Å². The van der Waals surface area contributed by atoms with Crippen molar-refractivity contribution in [3.8, 4) is 10.6 Å². The molecule has 0 saturated heterocycles. The molecule has 0 radical (unpaired) electrons. The van der Waals surface area contributed by atoms with Crippen LogP contribution >= 0.6 is 11.3 Å². The molecule has 172 valence electrons. The van der Waals surface area contributed by atoms with Gasteiger partial charge in [-0.3, -0.25) is 9.69 Å². The molecule has 0 fully saturated rings. The molecule has 0 spiro atoms. The number of carbonyl (C=O) groups is 2. The van der Waals surface area contributed by atoms with Crippen molar-refractivity contribution in [1.82, 2.24) is 4.98 Å². The first-order valence-corrected chi connectivity index (χ1v) is 12.0. The van der Waals surface area contributed by atoms with E-state index in [0.717, 1.165) is 15.2 Å². The summed E-state index contributed by atoms with van der Waals surface area (Å²) in [7, 11) is 0. The number of aromatic nitrogens is 1. The Morgan fingerprint density at radius 1 is 0.771 bits per heavy atom. The number of para-hydroxylation sites is 3. The zero-order valence-corrected chi connectivity index (χ0v) is 19.8. The van der Waals surface area contributed by atoms with Gasteiger partial charge in [-0.05, 0) is 49.4 Å². The lowest BCUT2D eigenvalue weighted by Gasteiger charge is -2.26. The molecule has 1 amide bonds. The van der Waals surface area contributed by atoms with Gasteiger partial charge in [0.25, 0.3) is 5.91 Å². The highest BCUT2D eigenvalue weighted by Crippen LogP contribution is 2.33. The van der Waals surface area contributed by atoms with Crippen LogP contribution in [0.3, 0.4) is 0 Å². The Bertz CT molecular complexity index is 1410. The van der Waals surface area contributed by atoms with Gasteiger partial charge in [0.1, 0.15) is 5.01 Å². The molecule has 1 aromatic heterocycles. The minimum atomic E-state index is -1.01. The molecule has 1 heterocycles. The predicted octanol–water partition coefficient (Wildman–Crippen LogP) is 6.87. The predicted molar refractivity (Wildman–Crippen MR) is 140 cm³/mol. The normalized spacial score (nSPS) is 11.7. The monoisotopic (exact) mass is 478 g/mol. The number of amides is 1. The number of carbonyl (C=O) groups excluding carboxylic acids is 2. The molecular weight excluding hydrogens is 456 g/mol. The van der Waals surface area contributed by atoms with Crippen molar-refractivity contribution < 1.29 is 14.3 Å². The number of fused-ring (bicyclic) bond motifs is 1. The minimum Gasteiger partial charge on any atom is -0.449 e. The van der Waals surface area contributed by atoms with Crippen LogP contribution in [0.15, 0.2) is 109 Å². The Labute approximate surface area is 207 Å².